The van der Waals surface area contributed by atoms with Crippen molar-refractivity contribution in [3.63, 3.8) is 0 Å². The zero-order chi connectivity index (χ0) is 15.9. The Morgan fingerprint density at radius 1 is 1.18 bits per heavy atom. The van der Waals surface area contributed by atoms with Crippen molar-refractivity contribution in [1.82, 2.24) is 5.32 Å². The van der Waals surface area contributed by atoms with Gasteiger partial charge < -0.3 is 15.8 Å². The van der Waals surface area contributed by atoms with Crippen molar-refractivity contribution in [2.75, 3.05) is 12.3 Å². The lowest BCUT2D eigenvalue weighted by Gasteiger charge is -2.11. The van der Waals surface area contributed by atoms with Crippen LogP contribution in [0.5, 0.6) is 5.75 Å². The van der Waals surface area contributed by atoms with Gasteiger partial charge in [0.05, 0.1) is 12.2 Å². The van der Waals surface area contributed by atoms with Gasteiger partial charge in [-0.2, -0.15) is 0 Å². The van der Waals surface area contributed by atoms with Crippen molar-refractivity contribution in [3.05, 3.63) is 59.7 Å². The molecule has 0 fully saturated rings. The first-order valence-corrected chi connectivity index (χ1v) is 7.40. The van der Waals surface area contributed by atoms with E-state index in [4.69, 9.17) is 10.5 Å². The minimum atomic E-state index is -0.174. The highest BCUT2D eigenvalue weighted by atomic mass is 16.5. The summed E-state index contributed by atoms with van der Waals surface area (Å²) in [6.07, 6.45) is 0. The van der Waals surface area contributed by atoms with Crippen molar-refractivity contribution in [1.29, 1.82) is 0 Å². The summed E-state index contributed by atoms with van der Waals surface area (Å²) in [6.45, 7) is 5.32. The molecule has 0 aliphatic carbocycles. The van der Waals surface area contributed by atoms with Crippen LogP contribution in [-0.2, 0) is 6.54 Å². The monoisotopic (exact) mass is 298 g/mol. The number of anilines is 1. The Balaban J connectivity index is 1.95. The lowest BCUT2D eigenvalue weighted by Crippen LogP contribution is -2.23. The van der Waals surface area contributed by atoms with Crippen molar-refractivity contribution in [2.24, 2.45) is 5.92 Å². The average Bonchev–Trinajstić information content (AvgIpc) is 2.51. The molecule has 2 aromatic rings. The van der Waals surface area contributed by atoms with Gasteiger partial charge in [0.15, 0.2) is 0 Å². The van der Waals surface area contributed by atoms with Gasteiger partial charge in [0, 0.05) is 12.2 Å². The minimum Gasteiger partial charge on any atom is -0.493 e. The molecule has 0 saturated carbocycles. The molecule has 0 aliphatic heterocycles. The second kappa shape index (κ2) is 7.50. The first kappa shape index (κ1) is 15.9. The van der Waals surface area contributed by atoms with Crippen LogP contribution in [0.3, 0.4) is 0 Å². The van der Waals surface area contributed by atoms with Gasteiger partial charge >= 0.3 is 0 Å². The summed E-state index contributed by atoms with van der Waals surface area (Å²) >= 11 is 0. The van der Waals surface area contributed by atoms with Crippen molar-refractivity contribution < 1.29 is 9.53 Å². The van der Waals surface area contributed by atoms with Crippen LogP contribution in [0.25, 0.3) is 0 Å². The number of hydrogen-bond donors (Lipinski definition) is 2. The van der Waals surface area contributed by atoms with E-state index in [0.29, 0.717) is 30.3 Å². The fraction of sp³-hybridized carbons (Fsp3) is 0.278. The second-order valence-electron chi connectivity index (χ2n) is 5.62. The molecule has 0 unspecified atom stereocenters. The predicted molar refractivity (Wildman–Crippen MR) is 88.8 cm³/mol. The van der Waals surface area contributed by atoms with Crippen LogP contribution in [0.1, 0.15) is 29.8 Å². The van der Waals surface area contributed by atoms with E-state index in [1.165, 1.54) is 0 Å². The third-order valence-electron chi connectivity index (χ3n) is 3.14. The fourth-order valence-corrected chi connectivity index (χ4v) is 1.99. The molecule has 4 nitrogen and oxygen atoms in total. The Kier molecular flexibility index (Phi) is 5.42. The Morgan fingerprint density at radius 3 is 2.68 bits per heavy atom. The number of carbonyl (C=O) groups excluding carboxylic acids is 1. The maximum atomic E-state index is 12.1. The highest BCUT2D eigenvalue weighted by Gasteiger charge is 2.08. The molecule has 0 bridgehead atoms. The third kappa shape index (κ3) is 4.52. The third-order valence-corrected chi connectivity index (χ3v) is 3.14. The number of rotatable bonds is 6. The van der Waals surface area contributed by atoms with Crippen LogP contribution in [0.2, 0.25) is 0 Å². The highest BCUT2D eigenvalue weighted by molar-refractivity contribution is 5.98. The van der Waals surface area contributed by atoms with Crippen LogP contribution >= 0.6 is 0 Å². The molecule has 0 aromatic heterocycles. The lowest BCUT2D eigenvalue weighted by molar-refractivity contribution is 0.0951. The lowest BCUT2D eigenvalue weighted by atomic mass is 10.1. The molecule has 2 aromatic carbocycles. The molecule has 0 saturated heterocycles. The summed E-state index contributed by atoms with van der Waals surface area (Å²) in [5.41, 5.74) is 7.77. The van der Waals surface area contributed by atoms with E-state index in [1.807, 2.05) is 30.3 Å². The van der Waals surface area contributed by atoms with Gasteiger partial charge in [-0.3, -0.25) is 4.79 Å². The normalized spacial score (nSPS) is 10.5. The van der Waals surface area contributed by atoms with Crippen molar-refractivity contribution in [3.8, 4) is 5.75 Å². The number of nitrogens with one attached hydrogen (secondary N) is 1. The highest BCUT2D eigenvalue weighted by Crippen LogP contribution is 2.15. The molecule has 2 rings (SSSR count). The Labute approximate surface area is 131 Å². The molecule has 0 aliphatic rings. The summed E-state index contributed by atoms with van der Waals surface area (Å²) in [6, 6.07) is 14.8. The van der Waals surface area contributed by atoms with E-state index in [9.17, 15) is 4.79 Å². The summed E-state index contributed by atoms with van der Waals surface area (Å²) in [7, 11) is 0. The number of nitrogens with two attached hydrogens (primary N) is 1. The molecule has 116 valence electrons. The van der Waals surface area contributed by atoms with Gasteiger partial charge in [-0.05, 0) is 35.7 Å². The molecule has 1 amide bonds. The first-order chi connectivity index (χ1) is 10.6. The van der Waals surface area contributed by atoms with Gasteiger partial charge in [0.2, 0.25) is 0 Å². The molecule has 0 spiro atoms. The molecule has 0 radical (unpaired) electrons. The second-order valence-corrected chi connectivity index (χ2v) is 5.62. The Bertz CT molecular complexity index is 638. The zero-order valence-electron chi connectivity index (χ0n) is 13.0. The van der Waals surface area contributed by atoms with E-state index < -0.39 is 0 Å². The number of ether oxygens (including phenoxy) is 1. The van der Waals surface area contributed by atoms with E-state index in [2.05, 4.69) is 19.2 Å². The van der Waals surface area contributed by atoms with Gasteiger partial charge in [0.1, 0.15) is 5.75 Å². The number of benzene rings is 2. The van der Waals surface area contributed by atoms with Crippen LogP contribution in [-0.4, -0.2) is 12.5 Å². The van der Waals surface area contributed by atoms with E-state index in [1.54, 1.807) is 18.2 Å². The SMILES string of the molecule is CC(C)COc1cccc(CNC(=O)c2ccccc2N)c1. The van der Waals surface area contributed by atoms with E-state index >= 15 is 0 Å². The summed E-state index contributed by atoms with van der Waals surface area (Å²) in [5, 5.41) is 2.87. The van der Waals surface area contributed by atoms with Gasteiger partial charge in [0.25, 0.3) is 5.91 Å². The van der Waals surface area contributed by atoms with E-state index in [-0.39, 0.29) is 5.91 Å². The molecule has 4 heteroatoms. The van der Waals surface area contributed by atoms with E-state index in [0.717, 1.165) is 11.3 Å². The number of amides is 1. The van der Waals surface area contributed by atoms with Gasteiger partial charge in [-0.25, -0.2) is 0 Å². The molecule has 0 atom stereocenters. The molecule has 3 N–H and O–H groups in total. The molecule has 0 heterocycles. The number of hydrogen-bond acceptors (Lipinski definition) is 3. The molecular weight excluding hydrogens is 276 g/mol. The Hall–Kier alpha value is -2.49. The van der Waals surface area contributed by atoms with Crippen LogP contribution < -0.4 is 15.8 Å². The zero-order valence-corrected chi connectivity index (χ0v) is 13.0. The number of carbonyl (C=O) groups is 1. The average molecular weight is 298 g/mol. The van der Waals surface area contributed by atoms with Crippen LogP contribution in [0, 0.1) is 5.92 Å². The topological polar surface area (TPSA) is 64.3 Å². The van der Waals surface area contributed by atoms with Gasteiger partial charge in [-0.15, -0.1) is 0 Å². The summed E-state index contributed by atoms with van der Waals surface area (Å²) < 4.78 is 5.69. The standard InChI is InChI=1S/C18H22N2O2/c1-13(2)12-22-15-7-5-6-14(10-15)11-20-18(21)16-8-3-4-9-17(16)19/h3-10,13H,11-12,19H2,1-2H3,(H,20,21). The van der Waals surface area contributed by atoms with Gasteiger partial charge in [-0.1, -0.05) is 38.1 Å². The van der Waals surface area contributed by atoms with Crippen molar-refractivity contribution >= 4 is 11.6 Å². The molecule has 22 heavy (non-hydrogen) atoms. The van der Waals surface area contributed by atoms with Crippen LogP contribution in [0.4, 0.5) is 5.69 Å². The largest absolute Gasteiger partial charge is 0.493 e. The maximum Gasteiger partial charge on any atom is 0.253 e. The summed E-state index contributed by atoms with van der Waals surface area (Å²) in [5.74, 6) is 1.12. The smallest absolute Gasteiger partial charge is 0.253 e. The minimum absolute atomic E-state index is 0.174. The van der Waals surface area contributed by atoms with Crippen LogP contribution in [0.15, 0.2) is 48.5 Å². The maximum absolute atomic E-state index is 12.1. The first-order valence-electron chi connectivity index (χ1n) is 7.40. The summed E-state index contributed by atoms with van der Waals surface area (Å²) in [4.78, 5) is 12.1. The number of nitrogen functional groups attached to an aromatic ring is 1. The Morgan fingerprint density at radius 2 is 1.95 bits per heavy atom. The van der Waals surface area contributed by atoms with Crippen molar-refractivity contribution in [2.45, 2.75) is 20.4 Å². The number of para-hydroxylation sites is 1. The predicted octanol–water partition coefficient (Wildman–Crippen LogP) is 3.23. The molecular formula is C18H22N2O2. The quantitative estimate of drug-likeness (QED) is 0.805. The fourth-order valence-electron chi connectivity index (χ4n) is 1.99.